The first-order valence-electron chi connectivity index (χ1n) is 6.13. The Morgan fingerprint density at radius 3 is 2.60 bits per heavy atom. The molecule has 0 spiro atoms. The maximum absolute atomic E-state index is 13.1. The van der Waals surface area contributed by atoms with Crippen molar-refractivity contribution in [2.24, 2.45) is 0 Å². The first-order valence-corrected chi connectivity index (χ1v) is 7.39. The van der Waals surface area contributed by atoms with Gasteiger partial charge in [-0.25, -0.2) is 4.39 Å². The SMILES string of the molecule is Cc1ccsc1C(=O)NC(C)(C)c1ccc(F)cc1Cl. The maximum Gasteiger partial charge on any atom is 0.262 e. The predicted octanol–water partition coefficient (Wildman–Crippen LogP) is 4.51. The van der Waals surface area contributed by atoms with Crippen LogP contribution >= 0.6 is 22.9 Å². The Labute approximate surface area is 126 Å². The van der Waals surface area contributed by atoms with Gasteiger partial charge in [0.2, 0.25) is 0 Å². The minimum absolute atomic E-state index is 0.150. The van der Waals surface area contributed by atoms with E-state index in [1.165, 1.54) is 23.5 Å². The fourth-order valence-electron chi connectivity index (χ4n) is 2.01. The van der Waals surface area contributed by atoms with Crippen molar-refractivity contribution in [3.05, 3.63) is 56.5 Å². The summed E-state index contributed by atoms with van der Waals surface area (Å²) in [6.45, 7) is 5.57. The number of benzene rings is 1. The molecule has 1 aromatic heterocycles. The topological polar surface area (TPSA) is 29.1 Å². The van der Waals surface area contributed by atoms with E-state index in [-0.39, 0.29) is 5.91 Å². The quantitative estimate of drug-likeness (QED) is 0.887. The third-order valence-corrected chi connectivity index (χ3v) is 4.43. The van der Waals surface area contributed by atoms with Crippen LogP contribution in [0.4, 0.5) is 4.39 Å². The third-order valence-electron chi connectivity index (χ3n) is 3.10. The van der Waals surface area contributed by atoms with Crippen LogP contribution in [-0.2, 0) is 5.54 Å². The van der Waals surface area contributed by atoms with Crippen LogP contribution in [0, 0.1) is 12.7 Å². The van der Waals surface area contributed by atoms with E-state index in [1.54, 1.807) is 6.07 Å². The smallest absolute Gasteiger partial charge is 0.262 e. The molecule has 1 N–H and O–H groups in total. The van der Waals surface area contributed by atoms with E-state index in [9.17, 15) is 9.18 Å². The number of carbonyl (C=O) groups is 1. The van der Waals surface area contributed by atoms with E-state index in [2.05, 4.69) is 5.32 Å². The highest BCUT2D eigenvalue weighted by Crippen LogP contribution is 2.29. The third kappa shape index (κ3) is 3.02. The van der Waals surface area contributed by atoms with Gasteiger partial charge in [0, 0.05) is 5.02 Å². The van der Waals surface area contributed by atoms with E-state index in [1.807, 2.05) is 32.2 Å². The molecule has 1 heterocycles. The lowest BCUT2D eigenvalue weighted by Gasteiger charge is -2.27. The number of hydrogen-bond acceptors (Lipinski definition) is 2. The van der Waals surface area contributed by atoms with E-state index in [0.29, 0.717) is 15.5 Å². The molecule has 0 atom stereocenters. The van der Waals surface area contributed by atoms with Crippen molar-refractivity contribution in [2.45, 2.75) is 26.3 Å². The fourth-order valence-corrected chi connectivity index (χ4v) is 3.23. The summed E-state index contributed by atoms with van der Waals surface area (Å²) in [5.74, 6) is -0.544. The van der Waals surface area contributed by atoms with E-state index in [4.69, 9.17) is 11.6 Å². The lowest BCUT2D eigenvalue weighted by atomic mass is 9.94. The van der Waals surface area contributed by atoms with Gasteiger partial charge in [-0.2, -0.15) is 0 Å². The van der Waals surface area contributed by atoms with Crippen molar-refractivity contribution >= 4 is 28.8 Å². The summed E-state index contributed by atoms with van der Waals surface area (Å²) in [6, 6.07) is 6.09. The molecule has 106 valence electrons. The Balaban J connectivity index is 2.27. The second-order valence-electron chi connectivity index (χ2n) is 5.14. The van der Waals surface area contributed by atoms with Crippen LogP contribution in [0.1, 0.15) is 34.6 Å². The summed E-state index contributed by atoms with van der Waals surface area (Å²) in [4.78, 5) is 13.0. The second-order valence-corrected chi connectivity index (χ2v) is 6.46. The normalized spacial score (nSPS) is 11.4. The maximum atomic E-state index is 13.1. The molecule has 2 rings (SSSR count). The molecule has 0 unspecified atom stereocenters. The van der Waals surface area contributed by atoms with Gasteiger partial charge in [-0.15, -0.1) is 11.3 Å². The largest absolute Gasteiger partial charge is 0.342 e. The van der Waals surface area contributed by atoms with E-state index >= 15 is 0 Å². The van der Waals surface area contributed by atoms with Crippen LogP contribution in [0.15, 0.2) is 29.6 Å². The zero-order valence-electron chi connectivity index (χ0n) is 11.5. The summed E-state index contributed by atoms with van der Waals surface area (Å²) in [5.41, 5.74) is 0.940. The number of hydrogen-bond donors (Lipinski definition) is 1. The van der Waals surface area contributed by atoms with Gasteiger partial charge in [0.25, 0.3) is 5.91 Å². The first kappa shape index (κ1) is 15.0. The molecule has 0 radical (unpaired) electrons. The molecular weight excluding hydrogens is 297 g/mol. The van der Waals surface area contributed by atoms with E-state index < -0.39 is 11.4 Å². The highest BCUT2D eigenvalue weighted by atomic mass is 35.5. The van der Waals surface area contributed by atoms with Gasteiger partial charge >= 0.3 is 0 Å². The number of thiophene rings is 1. The number of aryl methyl sites for hydroxylation is 1. The number of nitrogens with one attached hydrogen (secondary N) is 1. The molecule has 20 heavy (non-hydrogen) atoms. The van der Waals surface area contributed by atoms with Crippen molar-refractivity contribution in [3.8, 4) is 0 Å². The minimum Gasteiger partial charge on any atom is -0.342 e. The molecule has 1 aromatic carbocycles. The van der Waals surface area contributed by atoms with Gasteiger partial charge < -0.3 is 5.32 Å². The highest BCUT2D eigenvalue weighted by Gasteiger charge is 2.27. The number of carbonyl (C=O) groups excluding carboxylic acids is 1. The van der Waals surface area contributed by atoms with Crippen LogP contribution in [0.5, 0.6) is 0 Å². The van der Waals surface area contributed by atoms with Crippen molar-refractivity contribution in [3.63, 3.8) is 0 Å². The van der Waals surface area contributed by atoms with Gasteiger partial charge in [0.05, 0.1) is 10.4 Å². The van der Waals surface area contributed by atoms with Crippen LogP contribution in [0.25, 0.3) is 0 Å². The van der Waals surface area contributed by atoms with Crippen molar-refractivity contribution < 1.29 is 9.18 Å². The average Bonchev–Trinajstić information content (AvgIpc) is 2.74. The molecule has 0 saturated carbocycles. The van der Waals surface area contributed by atoms with Crippen molar-refractivity contribution in [1.29, 1.82) is 0 Å². The number of halogens is 2. The highest BCUT2D eigenvalue weighted by molar-refractivity contribution is 7.12. The van der Waals surface area contributed by atoms with Gasteiger partial charge in [-0.3, -0.25) is 4.79 Å². The number of rotatable bonds is 3. The van der Waals surface area contributed by atoms with Gasteiger partial charge in [-0.05, 0) is 55.5 Å². The number of amides is 1. The Kier molecular flexibility index (Phi) is 4.16. The molecular formula is C15H15ClFNOS. The monoisotopic (exact) mass is 311 g/mol. The molecule has 0 bridgehead atoms. The molecule has 1 amide bonds. The molecule has 0 aliphatic heterocycles. The van der Waals surface area contributed by atoms with Crippen LogP contribution in [-0.4, -0.2) is 5.91 Å². The summed E-state index contributed by atoms with van der Waals surface area (Å²) < 4.78 is 13.1. The summed E-state index contributed by atoms with van der Waals surface area (Å²) >= 11 is 7.46. The molecule has 0 aliphatic carbocycles. The molecule has 0 saturated heterocycles. The lowest BCUT2D eigenvalue weighted by Crippen LogP contribution is -2.41. The van der Waals surface area contributed by atoms with Crippen LogP contribution in [0.2, 0.25) is 5.02 Å². The van der Waals surface area contributed by atoms with E-state index in [0.717, 1.165) is 5.56 Å². The molecule has 0 aliphatic rings. The van der Waals surface area contributed by atoms with Gasteiger partial charge in [0.1, 0.15) is 5.82 Å². The van der Waals surface area contributed by atoms with Crippen molar-refractivity contribution in [1.82, 2.24) is 5.32 Å². The summed E-state index contributed by atoms with van der Waals surface area (Å²) in [7, 11) is 0. The summed E-state index contributed by atoms with van der Waals surface area (Å²) in [6.07, 6.45) is 0. The van der Waals surface area contributed by atoms with Crippen LogP contribution in [0.3, 0.4) is 0 Å². The molecule has 2 nitrogen and oxygen atoms in total. The van der Waals surface area contributed by atoms with Gasteiger partial charge in [-0.1, -0.05) is 17.7 Å². The lowest BCUT2D eigenvalue weighted by molar-refractivity contribution is 0.0916. The van der Waals surface area contributed by atoms with Crippen molar-refractivity contribution in [2.75, 3.05) is 0 Å². The molecule has 5 heteroatoms. The fraction of sp³-hybridized carbons (Fsp3) is 0.267. The average molecular weight is 312 g/mol. The Hall–Kier alpha value is -1.39. The second kappa shape index (κ2) is 5.54. The Morgan fingerprint density at radius 2 is 2.05 bits per heavy atom. The first-order chi connectivity index (χ1) is 9.31. The standard InChI is InChI=1S/C15H15ClFNOS/c1-9-6-7-20-13(9)14(19)18-15(2,3)11-5-4-10(17)8-12(11)16/h4-8H,1-3H3,(H,18,19). The minimum atomic E-state index is -0.682. The predicted molar refractivity (Wildman–Crippen MR) is 81.0 cm³/mol. The molecule has 2 aromatic rings. The molecule has 0 fully saturated rings. The van der Waals surface area contributed by atoms with Crippen LogP contribution < -0.4 is 5.32 Å². The Bertz CT molecular complexity index is 651. The Morgan fingerprint density at radius 1 is 1.35 bits per heavy atom. The zero-order valence-corrected chi connectivity index (χ0v) is 13.0. The summed E-state index contributed by atoms with van der Waals surface area (Å²) in [5, 5.41) is 5.12. The van der Waals surface area contributed by atoms with Gasteiger partial charge in [0.15, 0.2) is 0 Å². The zero-order chi connectivity index (χ0) is 14.9.